The van der Waals surface area contributed by atoms with E-state index >= 15 is 0 Å². The number of nitrogens with zero attached hydrogens (tertiary/aromatic N) is 2. The summed E-state index contributed by atoms with van der Waals surface area (Å²) < 4.78 is 5.09. The molecule has 1 saturated carbocycles. The molecule has 1 atom stereocenters. The Hall–Kier alpha value is -1.61. The van der Waals surface area contributed by atoms with E-state index in [2.05, 4.69) is 4.99 Å². The van der Waals surface area contributed by atoms with Crippen molar-refractivity contribution in [1.82, 2.24) is 0 Å². The minimum atomic E-state index is -1.15. The number of hydrogen-bond acceptors (Lipinski definition) is 6. The van der Waals surface area contributed by atoms with Crippen LogP contribution in [-0.2, 0) is 9.53 Å². The first-order valence-corrected chi connectivity index (χ1v) is 7.92. The van der Waals surface area contributed by atoms with Gasteiger partial charge in [-0.25, -0.2) is 0 Å². The van der Waals surface area contributed by atoms with Gasteiger partial charge in [0.15, 0.2) is 5.78 Å². The molecule has 0 saturated heterocycles. The zero-order chi connectivity index (χ0) is 18.3. The van der Waals surface area contributed by atoms with Crippen LogP contribution in [0.5, 0.6) is 0 Å². The van der Waals surface area contributed by atoms with Crippen molar-refractivity contribution in [1.29, 1.82) is 5.26 Å². The van der Waals surface area contributed by atoms with Crippen molar-refractivity contribution in [3.05, 3.63) is 0 Å². The van der Waals surface area contributed by atoms with Crippen LogP contribution >= 0.6 is 0 Å². The van der Waals surface area contributed by atoms with Gasteiger partial charge in [0.1, 0.15) is 17.7 Å². The first-order chi connectivity index (χ1) is 10.3. The second-order valence-electron chi connectivity index (χ2n) is 7.44. The molecule has 23 heavy (non-hydrogen) atoms. The number of ether oxygens (including phenoxy) is 1. The van der Waals surface area contributed by atoms with Gasteiger partial charge in [0, 0.05) is 5.60 Å². The molecule has 6 nitrogen and oxygen atoms in total. The maximum absolute atomic E-state index is 11.5. The van der Waals surface area contributed by atoms with Gasteiger partial charge in [-0.15, -0.1) is 0 Å². The van der Waals surface area contributed by atoms with Crippen molar-refractivity contribution in [3.63, 3.8) is 0 Å². The quantitative estimate of drug-likeness (QED) is 0.483. The van der Waals surface area contributed by atoms with E-state index in [-0.39, 0.29) is 5.78 Å². The van der Waals surface area contributed by atoms with Crippen LogP contribution in [0, 0.1) is 17.2 Å². The Kier molecular flexibility index (Phi) is 8.25. The van der Waals surface area contributed by atoms with Crippen molar-refractivity contribution >= 4 is 11.9 Å². The van der Waals surface area contributed by atoms with Gasteiger partial charge in [-0.05, 0) is 33.1 Å². The number of hydrogen-bond donors (Lipinski definition) is 1. The molecule has 1 aliphatic rings. The third-order valence-electron chi connectivity index (χ3n) is 3.18. The van der Waals surface area contributed by atoms with Crippen LogP contribution in [0.25, 0.3) is 0 Å². The van der Waals surface area contributed by atoms with Crippen molar-refractivity contribution in [2.45, 2.75) is 84.5 Å². The number of ketones is 1. The number of rotatable bonds is 4. The van der Waals surface area contributed by atoms with E-state index in [0.29, 0.717) is 12.3 Å². The molecule has 1 rings (SSSR count). The molecule has 0 aromatic carbocycles. The van der Waals surface area contributed by atoms with E-state index in [1.807, 2.05) is 0 Å². The lowest BCUT2D eigenvalue weighted by Gasteiger charge is -2.31. The largest absolute Gasteiger partial charge is 0.595 e. The van der Waals surface area contributed by atoms with Gasteiger partial charge in [0.25, 0.3) is 0 Å². The molecular formula is C17H29N2O4-. The van der Waals surface area contributed by atoms with Crippen LogP contribution in [0.2, 0.25) is 0 Å². The van der Waals surface area contributed by atoms with E-state index in [9.17, 15) is 9.90 Å². The van der Waals surface area contributed by atoms with Crippen LogP contribution in [0.1, 0.15) is 67.2 Å². The second-order valence-corrected chi connectivity index (χ2v) is 7.44. The molecule has 132 valence electrons. The molecule has 1 aliphatic carbocycles. The van der Waals surface area contributed by atoms with E-state index in [0.717, 1.165) is 12.8 Å². The minimum Gasteiger partial charge on any atom is -0.595 e. The Bertz CT molecular complexity index is 449. The first kappa shape index (κ1) is 21.4. The summed E-state index contributed by atoms with van der Waals surface area (Å²) in [6.45, 7) is 9.72. The lowest BCUT2D eigenvalue weighted by Crippen LogP contribution is -2.34. The van der Waals surface area contributed by atoms with Crippen LogP contribution in [0.15, 0.2) is 4.99 Å². The molecule has 0 spiro atoms. The maximum Gasteiger partial charge on any atom is 0.154 e. The van der Waals surface area contributed by atoms with Gasteiger partial charge in [-0.2, -0.15) is 5.26 Å². The zero-order valence-electron chi connectivity index (χ0n) is 15.0. The molecule has 0 radical (unpaired) electrons. The van der Waals surface area contributed by atoms with Crippen LogP contribution in [0.3, 0.4) is 0 Å². The fourth-order valence-corrected chi connectivity index (χ4v) is 1.77. The van der Waals surface area contributed by atoms with E-state index < -0.39 is 23.3 Å². The summed E-state index contributed by atoms with van der Waals surface area (Å²) in [4.78, 5) is 15.3. The van der Waals surface area contributed by atoms with Gasteiger partial charge in [-0.3, -0.25) is 9.79 Å². The summed E-state index contributed by atoms with van der Waals surface area (Å²) in [5.74, 6) is 0.498. The molecular weight excluding hydrogens is 296 g/mol. The van der Waals surface area contributed by atoms with Gasteiger partial charge in [0.05, 0.1) is 6.07 Å². The Morgan fingerprint density at radius 1 is 1.39 bits per heavy atom. The van der Waals surface area contributed by atoms with Crippen LogP contribution in [0.4, 0.5) is 0 Å². The fourth-order valence-electron chi connectivity index (χ4n) is 1.77. The van der Waals surface area contributed by atoms with E-state index in [1.54, 1.807) is 26.8 Å². The molecule has 0 bridgehead atoms. The van der Waals surface area contributed by atoms with Gasteiger partial charge >= 0.3 is 0 Å². The monoisotopic (exact) mass is 325 g/mol. The molecule has 0 aromatic rings. The van der Waals surface area contributed by atoms with Gasteiger partial charge in [-0.1, -0.05) is 40.0 Å². The fraction of sp³-hybridized carbons (Fsp3) is 0.824. The Morgan fingerprint density at radius 3 is 2.13 bits per heavy atom. The maximum atomic E-state index is 11.5. The topological polar surface area (TPSA) is 106 Å². The first-order valence-electron chi connectivity index (χ1n) is 7.92. The smallest absolute Gasteiger partial charge is 0.154 e. The van der Waals surface area contributed by atoms with Crippen LogP contribution < -0.4 is 5.11 Å². The molecule has 0 aromatic heterocycles. The highest BCUT2D eigenvalue weighted by Crippen LogP contribution is 2.31. The lowest BCUT2D eigenvalue weighted by atomic mass is 9.80. The van der Waals surface area contributed by atoms with E-state index in [1.165, 1.54) is 27.2 Å². The predicted molar refractivity (Wildman–Crippen MR) is 86.6 cm³/mol. The summed E-state index contributed by atoms with van der Waals surface area (Å²) in [7, 11) is 0. The minimum absolute atomic E-state index is 0.0530. The summed E-state index contributed by atoms with van der Waals surface area (Å²) >= 11 is 0. The second kappa shape index (κ2) is 8.88. The summed E-state index contributed by atoms with van der Waals surface area (Å²) in [5.41, 5.74) is -1.71. The number of carbonyl (C=O) groups is 1. The Morgan fingerprint density at radius 2 is 1.87 bits per heavy atom. The Balaban J connectivity index is 0.000000688. The highest BCUT2D eigenvalue weighted by Gasteiger charge is 2.24. The summed E-state index contributed by atoms with van der Waals surface area (Å²) in [6.07, 6.45) is 3.58. The SMILES string of the molecule is CC(=O)C(CC1CCC1)N=C([O-])OC(C)(C)C.CC(C)(O)C#N. The Labute approximate surface area is 139 Å². The number of aliphatic imine (C=N–C) groups is 1. The third kappa shape index (κ3) is 11.6. The molecule has 0 heterocycles. The highest BCUT2D eigenvalue weighted by molar-refractivity contribution is 5.83. The third-order valence-corrected chi connectivity index (χ3v) is 3.18. The zero-order valence-corrected chi connectivity index (χ0v) is 15.0. The number of carbonyl (C=O) groups excluding carboxylic acids is 1. The van der Waals surface area contributed by atoms with Crippen molar-refractivity contribution in [2.75, 3.05) is 0 Å². The average molecular weight is 325 g/mol. The molecule has 6 heteroatoms. The number of nitriles is 1. The van der Waals surface area contributed by atoms with Crippen molar-refractivity contribution < 1.29 is 19.7 Å². The van der Waals surface area contributed by atoms with Gasteiger partial charge in [0.2, 0.25) is 0 Å². The van der Waals surface area contributed by atoms with E-state index in [4.69, 9.17) is 15.1 Å². The van der Waals surface area contributed by atoms with Crippen molar-refractivity contribution in [2.24, 2.45) is 10.9 Å². The lowest BCUT2D eigenvalue weighted by molar-refractivity contribution is -0.261. The van der Waals surface area contributed by atoms with Gasteiger partial charge < -0.3 is 14.9 Å². The number of Topliss-reactive ketones (excluding diaryl/α,β-unsaturated/α-hetero) is 1. The number of aliphatic hydroxyl groups is 1. The molecule has 0 aliphatic heterocycles. The van der Waals surface area contributed by atoms with Crippen LogP contribution in [-0.4, -0.2) is 34.2 Å². The normalized spacial score (nSPS) is 17.2. The molecule has 1 fully saturated rings. The summed E-state index contributed by atoms with van der Waals surface area (Å²) in [5, 5.41) is 27.9. The highest BCUT2D eigenvalue weighted by atomic mass is 16.6. The van der Waals surface area contributed by atoms with Crippen molar-refractivity contribution in [3.8, 4) is 6.07 Å². The predicted octanol–water partition coefficient (Wildman–Crippen LogP) is 1.95. The molecule has 1 N–H and O–H groups in total. The summed E-state index contributed by atoms with van der Waals surface area (Å²) in [6, 6.07) is 1.14. The molecule has 0 amide bonds. The molecule has 1 unspecified atom stereocenters. The standard InChI is InChI=1S/C13H23NO3.C4H7NO/c1-9(15)11(8-10-6-5-7-10)14-12(16)17-13(2,3)4;1-4(2,6)3-5/h10-11H,5-8H2,1-4H3,(H,14,16);6H,1-2H3/p-1. The average Bonchev–Trinajstić information content (AvgIpc) is 2.29.